The summed E-state index contributed by atoms with van der Waals surface area (Å²) >= 11 is 0. The monoisotopic (exact) mass is 403 g/mol. The van der Waals surface area contributed by atoms with Crippen molar-refractivity contribution >= 4 is 5.82 Å². The van der Waals surface area contributed by atoms with Gasteiger partial charge in [0, 0.05) is 26.6 Å². The van der Waals surface area contributed by atoms with Crippen LogP contribution in [-0.2, 0) is 19.9 Å². The first-order chi connectivity index (χ1) is 14.6. The number of aromatic nitrogens is 2. The zero-order valence-electron chi connectivity index (χ0n) is 17.5. The van der Waals surface area contributed by atoms with Crippen LogP contribution in [0.25, 0.3) is 0 Å². The standard InChI is InChI=1S/C25H29N3O2/c1-27-24(29)22(18-21-10-6-3-7-11-21)23(26-25(27)30)28-16-14-20(15-17-28)13-12-19-8-4-2-5-9-19/h2-11,20H,12-18H2,1H3,(H,26,30). The number of benzene rings is 2. The highest BCUT2D eigenvalue weighted by molar-refractivity contribution is 5.48. The number of rotatable bonds is 6. The fraction of sp³-hybridized carbons (Fsp3) is 0.360. The van der Waals surface area contributed by atoms with E-state index in [4.69, 9.17) is 0 Å². The Morgan fingerprint density at radius 1 is 0.900 bits per heavy atom. The van der Waals surface area contributed by atoms with E-state index in [0.29, 0.717) is 23.7 Å². The SMILES string of the molecule is Cn1c(=O)[nH]c(N2CCC(CCc3ccccc3)CC2)c(Cc2ccccc2)c1=O. The van der Waals surface area contributed by atoms with Gasteiger partial charge in [0.05, 0.1) is 5.56 Å². The molecule has 0 bridgehead atoms. The molecule has 1 fully saturated rings. The molecule has 4 rings (SSSR count). The average Bonchev–Trinajstić information content (AvgIpc) is 2.80. The second-order valence-corrected chi connectivity index (χ2v) is 8.24. The number of H-pyrrole nitrogens is 1. The van der Waals surface area contributed by atoms with Gasteiger partial charge in [0.25, 0.3) is 5.56 Å². The van der Waals surface area contributed by atoms with Gasteiger partial charge in [0.1, 0.15) is 5.82 Å². The average molecular weight is 404 g/mol. The summed E-state index contributed by atoms with van der Waals surface area (Å²) in [6.45, 7) is 1.73. The summed E-state index contributed by atoms with van der Waals surface area (Å²) in [5.41, 5.74) is 2.58. The molecule has 0 amide bonds. The van der Waals surface area contributed by atoms with E-state index >= 15 is 0 Å². The van der Waals surface area contributed by atoms with Crippen molar-refractivity contribution in [2.75, 3.05) is 18.0 Å². The van der Waals surface area contributed by atoms with E-state index in [1.54, 1.807) is 0 Å². The minimum atomic E-state index is -0.349. The lowest BCUT2D eigenvalue weighted by Gasteiger charge is -2.34. The molecule has 0 spiro atoms. The third-order valence-electron chi connectivity index (χ3n) is 6.22. The fourth-order valence-electron chi connectivity index (χ4n) is 4.35. The number of aromatic amines is 1. The molecule has 0 saturated carbocycles. The highest BCUT2D eigenvalue weighted by atomic mass is 16.2. The Kier molecular flexibility index (Phi) is 6.17. The number of anilines is 1. The van der Waals surface area contributed by atoms with Crippen LogP contribution in [0.4, 0.5) is 5.82 Å². The smallest absolute Gasteiger partial charge is 0.329 e. The minimum Gasteiger partial charge on any atom is -0.358 e. The van der Waals surface area contributed by atoms with E-state index < -0.39 is 0 Å². The molecule has 1 saturated heterocycles. The molecular weight excluding hydrogens is 374 g/mol. The number of hydrogen-bond acceptors (Lipinski definition) is 3. The molecule has 0 atom stereocenters. The number of nitrogens with one attached hydrogen (secondary N) is 1. The zero-order valence-corrected chi connectivity index (χ0v) is 17.5. The Labute approximate surface area is 177 Å². The largest absolute Gasteiger partial charge is 0.358 e. The number of piperidine rings is 1. The van der Waals surface area contributed by atoms with Gasteiger partial charge >= 0.3 is 5.69 Å². The lowest BCUT2D eigenvalue weighted by Crippen LogP contribution is -2.42. The van der Waals surface area contributed by atoms with E-state index in [2.05, 4.69) is 40.2 Å². The van der Waals surface area contributed by atoms with Crippen molar-refractivity contribution in [3.05, 3.63) is 98.2 Å². The van der Waals surface area contributed by atoms with Crippen molar-refractivity contribution in [3.8, 4) is 0 Å². The Hall–Kier alpha value is -3.08. The molecular formula is C25H29N3O2. The van der Waals surface area contributed by atoms with Crippen LogP contribution in [0.5, 0.6) is 0 Å². The van der Waals surface area contributed by atoms with Crippen molar-refractivity contribution < 1.29 is 0 Å². The van der Waals surface area contributed by atoms with Crippen LogP contribution in [-0.4, -0.2) is 22.6 Å². The zero-order chi connectivity index (χ0) is 20.9. The summed E-state index contributed by atoms with van der Waals surface area (Å²) in [5, 5.41) is 0. The maximum Gasteiger partial charge on any atom is 0.329 e. The predicted octanol–water partition coefficient (Wildman–Crippen LogP) is 3.51. The van der Waals surface area contributed by atoms with Crippen molar-refractivity contribution in [1.29, 1.82) is 0 Å². The van der Waals surface area contributed by atoms with Crippen molar-refractivity contribution in [2.24, 2.45) is 13.0 Å². The van der Waals surface area contributed by atoms with Gasteiger partial charge in [-0.25, -0.2) is 4.79 Å². The van der Waals surface area contributed by atoms with Crippen LogP contribution in [0.15, 0.2) is 70.3 Å². The topological polar surface area (TPSA) is 58.1 Å². The van der Waals surface area contributed by atoms with Crippen molar-refractivity contribution in [2.45, 2.75) is 32.1 Å². The Morgan fingerprint density at radius 2 is 1.50 bits per heavy atom. The molecule has 30 heavy (non-hydrogen) atoms. The predicted molar refractivity (Wildman–Crippen MR) is 121 cm³/mol. The fourth-order valence-corrected chi connectivity index (χ4v) is 4.35. The minimum absolute atomic E-state index is 0.205. The maximum atomic E-state index is 12.9. The van der Waals surface area contributed by atoms with Crippen molar-refractivity contribution in [1.82, 2.24) is 9.55 Å². The summed E-state index contributed by atoms with van der Waals surface area (Å²) in [6, 6.07) is 20.6. The molecule has 2 aromatic carbocycles. The highest BCUT2D eigenvalue weighted by Crippen LogP contribution is 2.26. The normalized spacial score (nSPS) is 14.8. The van der Waals surface area contributed by atoms with Crippen LogP contribution in [0.1, 0.15) is 36.0 Å². The summed E-state index contributed by atoms with van der Waals surface area (Å²) < 4.78 is 1.17. The molecule has 1 N–H and O–H groups in total. The van der Waals surface area contributed by atoms with Gasteiger partial charge in [0.2, 0.25) is 0 Å². The molecule has 1 aliphatic heterocycles. The van der Waals surface area contributed by atoms with E-state index in [-0.39, 0.29) is 11.2 Å². The van der Waals surface area contributed by atoms with Crippen LogP contribution >= 0.6 is 0 Å². The molecule has 0 unspecified atom stereocenters. The van der Waals surface area contributed by atoms with Gasteiger partial charge in [-0.15, -0.1) is 0 Å². The summed E-state index contributed by atoms with van der Waals surface area (Å²) in [5.74, 6) is 1.38. The first kappa shape index (κ1) is 20.2. The van der Waals surface area contributed by atoms with Crippen molar-refractivity contribution in [3.63, 3.8) is 0 Å². The number of hydrogen-bond donors (Lipinski definition) is 1. The summed E-state index contributed by atoms with van der Waals surface area (Å²) in [7, 11) is 1.54. The van der Waals surface area contributed by atoms with Crippen LogP contribution in [0.3, 0.4) is 0 Å². The first-order valence-corrected chi connectivity index (χ1v) is 10.8. The first-order valence-electron chi connectivity index (χ1n) is 10.8. The third kappa shape index (κ3) is 4.56. The number of aryl methyl sites for hydroxylation is 1. The molecule has 5 nitrogen and oxygen atoms in total. The molecule has 5 heteroatoms. The lowest BCUT2D eigenvalue weighted by molar-refractivity contribution is 0.380. The Morgan fingerprint density at radius 3 is 2.13 bits per heavy atom. The Bertz CT molecular complexity index is 1080. The third-order valence-corrected chi connectivity index (χ3v) is 6.22. The van der Waals surface area contributed by atoms with Crippen LogP contribution in [0.2, 0.25) is 0 Å². The molecule has 2 heterocycles. The molecule has 0 radical (unpaired) electrons. The second-order valence-electron chi connectivity index (χ2n) is 8.24. The highest BCUT2D eigenvalue weighted by Gasteiger charge is 2.24. The van der Waals surface area contributed by atoms with Gasteiger partial charge in [-0.3, -0.25) is 14.3 Å². The van der Waals surface area contributed by atoms with Crippen LogP contribution < -0.4 is 16.1 Å². The molecule has 1 aromatic heterocycles. The van der Waals surface area contributed by atoms with Crippen LogP contribution in [0, 0.1) is 5.92 Å². The quantitative estimate of drug-likeness (QED) is 0.685. The summed E-state index contributed by atoms with van der Waals surface area (Å²) in [4.78, 5) is 30.4. The van der Waals surface area contributed by atoms with E-state index in [9.17, 15) is 9.59 Å². The van der Waals surface area contributed by atoms with Gasteiger partial charge in [-0.05, 0) is 42.7 Å². The van der Waals surface area contributed by atoms with Gasteiger partial charge in [0.15, 0.2) is 0 Å². The van der Waals surface area contributed by atoms with E-state index in [1.165, 1.54) is 23.6 Å². The lowest BCUT2D eigenvalue weighted by atomic mass is 9.90. The molecule has 156 valence electrons. The molecule has 0 aliphatic carbocycles. The number of nitrogens with zero attached hydrogens (tertiary/aromatic N) is 2. The van der Waals surface area contributed by atoms with E-state index in [0.717, 1.165) is 37.9 Å². The Balaban J connectivity index is 1.49. The molecule has 3 aromatic rings. The molecule has 1 aliphatic rings. The van der Waals surface area contributed by atoms with Gasteiger partial charge in [-0.2, -0.15) is 0 Å². The van der Waals surface area contributed by atoms with Gasteiger partial charge in [-0.1, -0.05) is 60.7 Å². The summed E-state index contributed by atoms with van der Waals surface area (Å²) in [6.07, 6.45) is 4.96. The van der Waals surface area contributed by atoms with E-state index in [1.807, 2.05) is 30.3 Å². The maximum absolute atomic E-state index is 12.9. The van der Waals surface area contributed by atoms with Gasteiger partial charge < -0.3 is 4.90 Å². The second kappa shape index (κ2) is 9.16.